The van der Waals surface area contributed by atoms with Crippen molar-refractivity contribution in [1.29, 1.82) is 5.26 Å². The molecule has 0 fully saturated rings. The van der Waals surface area contributed by atoms with E-state index in [2.05, 4.69) is 11.4 Å². The Kier molecular flexibility index (Phi) is 8.43. The van der Waals surface area contributed by atoms with Crippen molar-refractivity contribution in [3.63, 3.8) is 0 Å². The molecule has 0 unspecified atom stereocenters. The summed E-state index contributed by atoms with van der Waals surface area (Å²) in [6.07, 6.45) is 0. The number of nitro groups is 1. The third-order valence-electron chi connectivity index (χ3n) is 5.91. The fraction of sp³-hybridized carbons (Fsp3) is 0.138. The molecule has 10 heteroatoms. The molecule has 196 valence electrons. The van der Waals surface area contributed by atoms with Crippen molar-refractivity contribution in [3.8, 4) is 40.0 Å². The molecule has 0 spiro atoms. The maximum Gasteiger partial charge on any atom is 0.271 e. The predicted molar refractivity (Wildman–Crippen MR) is 150 cm³/mol. The number of nitrogens with zero attached hydrogens (tertiary/aromatic N) is 3. The van der Waals surface area contributed by atoms with E-state index in [1.807, 2.05) is 42.5 Å². The molecule has 0 radical (unpaired) electrons. The normalized spacial score (nSPS) is 10.4. The number of aryl methyl sites for hydroxylation is 1. The average molecular weight is 541 g/mol. The molecular formula is C29H24N4O5S. The van der Waals surface area contributed by atoms with E-state index in [9.17, 15) is 20.2 Å². The molecular weight excluding hydrogens is 516 g/mol. The Balaban J connectivity index is 1.71. The lowest BCUT2D eigenvalue weighted by Gasteiger charge is -2.14. The van der Waals surface area contributed by atoms with E-state index in [1.54, 1.807) is 32.2 Å². The molecule has 4 aromatic rings. The second-order valence-electron chi connectivity index (χ2n) is 8.38. The number of nitrogens with one attached hydrogen (secondary N) is 1. The first-order valence-corrected chi connectivity index (χ1v) is 12.7. The van der Waals surface area contributed by atoms with Crippen molar-refractivity contribution in [2.45, 2.75) is 11.9 Å². The van der Waals surface area contributed by atoms with Crippen LogP contribution in [-0.2, 0) is 4.79 Å². The zero-order valence-electron chi connectivity index (χ0n) is 21.4. The largest absolute Gasteiger partial charge is 0.493 e. The monoisotopic (exact) mass is 540 g/mol. The van der Waals surface area contributed by atoms with Crippen molar-refractivity contribution in [3.05, 3.63) is 94.0 Å². The van der Waals surface area contributed by atoms with Gasteiger partial charge < -0.3 is 14.8 Å². The Labute approximate surface area is 229 Å². The van der Waals surface area contributed by atoms with Crippen molar-refractivity contribution in [2.24, 2.45) is 0 Å². The maximum absolute atomic E-state index is 12.8. The number of nitro benzene ring substituents is 1. The number of non-ortho nitro benzene ring substituents is 1. The van der Waals surface area contributed by atoms with Crippen LogP contribution in [0.1, 0.15) is 11.1 Å². The summed E-state index contributed by atoms with van der Waals surface area (Å²) in [5.41, 5.74) is 4.08. The standard InChI is InChI=1S/C29H24N4O5S/c1-18-9-11-21(33(35)36)14-24(18)31-28(34)17-39-29-23(16-30)22(15-25(32-29)19-7-5-4-6-8-19)20-10-12-26(37-2)27(13-20)38-3/h4-15H,17H2,1-3H3,(H,31,34). The van der Waals surface area contributed by atoms with E-state index < -0.39 is 4.92 Å². The molecule has 1 aromatic heterocycles. The Hall–Kier alpha value is -4.88. The summed E-state index contributed by atoms with van der Waals surface area (Å²) in [7, 11) is 3.09. The number of rotatable bonds is 9. The lowest BCUT2D eigenvalue weighted by molar-refractivity contribution is -0.384. The third kappa shape index (κ3) is 6.17. The molecule has 0 atom stereocenters. The van der Waals surface area contributed by atoms with Gasteiger partial charge in [0.2, 0.25) is 5.91 Å². The number of carbonyl (C=O) groups is 1. The number of thioether (sulfide) groups is 1. The van der Waals surface area contributed by atoms with Gasteiger partial charge in [0.1, 0.15) is 11.1 Å². The SMILES string of the molecule is COc1ccc(-c2cc(-c3ccccc3)nc(SCC(=O)Nc3cc([N+](=O)[O-])ccc3C)c2C#N)cc1OC. The van der Waals surface area contributed by atoms with Gasteiger partial charge in [-0.1, -0.05) is 54.2 Å². The summed E-state index contributed by atoms with van der Waals surface area (Å²) in [6.45, 7) is 1.75. The van der Waals surface area contributed by atoms with Gasteiger partial charge in [-0.15, -0.1) is 0 Å². The van der Waals surface area contributed by atoms with Crippen LogP contribution in [0.4, 0.5) is 11.4 Å². The minimum atomic E-state index is -0.516. The summed E-state index contributed by atoms with van der Waals surface area (Å²) in [4.78, 5) is 28.2. The van der Waals surface area contributed by atoms with Crippen LogP contribution >= 0.6 is 11.8 Å². The van der Waals surface area contributed by atoms with Gasteiger partial charge in [-0.05, 0) is 36.2 Å². The first kappa shape index (κ1) is 27.2. The zero-order chi connectivity index (χ0) is 27.9. The Morgan fingerprint density at radius 3 is 2.44 bits per heavy atom. The number of methoxy groups -OCH3 is 2. The van der Waals surface area contributed by atoms with Crippen LogP contribution in [0.3, 0.4) is 0 Å². The van der Waals surface area contributed by atoms with Gasteiger partial charge in [-0.2, -0.15) is 5.26 Å². The van der Waals surface area contributed by atoms with Gasteiger partial charge >= 0.3 is 0 Å². The van der Waals surface area contributed by atoms with E-state index in [-0.39, 0.29) is 17.3 Å². The van der Waals surface area contributed by atoms with E-state index in [0.29, 0.717) is 44.6 Å². The van der Waals surface area contributed by atoms with Crippen molar-refractivity contribution in [1.82, 2.24) is 4.98 Å². The number of anilines is 1. The van der Waals surface area contributed by atoms with Crippen LogP contribution in [-0.4, -0.2) is 35.8 Å². The number of benzene rings is 3. The fourth-order valence-electron chi connectivity index (χ4n) is 3.90. The van der Waals surface area contributed by atoms with Crippen LogP contribution in [0.2, 0.25) is 0 Å². The molecule has 1 N–H and O–H groups in total. The molecule has 39 heavy (non-hydrogen) atoms. The number of pyridine rings is 1. The molecule has 1 heterocycles. The number of nitriles is 1. The highest BCUT2D eigenvalue weighted by atomic mass is 32.2. The van der Waals surface area contributed by atoms with Crippen LogP contribution in [0.15, 0.2) is 77.8 Å². The second kappa shape index (κ2) is 12.1. The van der Waals surface area contributed by atoms with Crippen molar-refractivity contribution < 1.29 is 19.2 Å². The van der Waals surface area contributed by atoms with Crippen LogP contribution in [0.5, 0.6) is 11.5 Å². The van der Waals surface area contributed by atoms with E-state index in [4.69, 9.17) is 14.5 Å². The third-order valence-corrected chi connectivity index (χ3v) is 6.88. The molecule has 0 saturated heterocycles. The summed E-state index contributed by atoms with van der Waals surface area (Å²) in [5.74, 6) is 0.623. The molecule has 0 saturated carbocycles. The van der Waals surface area contributed by atoms with Crippen molar-refractivity contribution >= 4 is 29.0 Å². The summed E-state index contributed by atoms with van der Waals surface area (Å²) < 4.78 is 10.8. The summed E-state index contributed by atoms with van der Waals surface area (Å²) in [6, 6.07) is 23.3. The first-order chi connectivity index (χ1) is 18.8. The minimum absolute atomic E-state index is 0.0621. The van der Waals surface area contributed by atoms with E-state index >= 15 is 0 Å². The summed E-state index contributed by atoms with van der Waals surface area (Å²) >= 11 is 1.12. The average Bonchev–Trinajstić information content (AvgIpc) is 2.96. The van der Waals surface area contributed by atoms with Gasteiger partial charge in [0.05, 0.1) is 41.8 Å². The molecule has 0 aliphatic heterocycles. The molecule has 0 aliphatic rings. The molecule has 0 aliphatic carbocycles. The fourth-order valence-corrected chi connectivity index (χ4v) is 4.70. The Morgan fingerprint density at radius 1 is 1.03 bits per heavy atom. The van der Waals surface area contributed by atoms with Gasteiger partial charge in [0.25, 0.3) is 5.69 Å². The molecule has 3 aromatic carbocycles. The lowest BCUT2D eigenvalue weighted by Crippen LogP contribution is -2.15. The van der Waals surface area contributed by atoms with Crippen LogP contribution < -0.4 is 14.8 Å². The number of hydrogen-bond donors (Lipinski definition) is 1. The topological polar surface area (TPSA) is 127 Å². The van der Waals surface area contributed by atoms with E-state index in [0.717, 1.165) is 22.9 Å². The molecule has 1 amide bonds. The minimum Gasteiger partial charge on any atom is -0.493 e. The Bertz CT molecular complexity index is 1590. The number of carbonyl (C=O) groups excluding carboxylic acids is 1. The van der Waals surface area contributed by atoms with Gasteiger partial charge in [0.15, 0.2) is 11.5 Å². The number of ether oxygens (including phenoxy) is 2. The maximum atomic E-state index is 12.8. The molecule has 9 nitrogen and oxygen atoms in total. The predicted octanol–water partition coefficient (Wildman–Crippen LogP) is 6.25. The van der Waals surface area contributed by atoms with Crippen LogP contribution in [0, 0.1) is 28.4 Å². The number of hydrogen-bond acceptors (Lipinski definition) is 8. The molecule has 4 rings (SSSR count). The highest BCUT2D eigenvalue weighted by molar-refractivity contribution is 8.00. The summed E-state index contributed by atoms with van der Waals surface area (Å²) in [5, 5.41) is 24.4. The van der Waals surface area contributed by atoms with Gasteiger partial charge in [0, 0.05) is 23.3 Å². The number of amides is 1. The van der Waals surface area contributed by atoms with Crippen molar-refractivity contribution in [2.75, 3.05) is 25.3 Å². The highest BCUT2D eigenvalue weighted by Gasteiger charge is 2.19. The Morgan fingerprint density at radius 2 is 1.77 bits per heavy atom. The zero-order valence-corrected chi connectivity index (χ0v) is 22.2. The van der Waals surface area contributed by atoms with Crippen LogP contribution in [0.25, 0.3) is 22.4 Å². The molecule has 0 bridgehead atoms. The van der Waals surface area contributed by atoms with Gasteiger partial charge in [-0.3, -0.25) is 14.9 Å². The number of aromatic nitrogens is 1. The van der Waals surface area contributed by atoms with E-state index in [1.165, 1.54) is 19.2 Å². The second-order valence-corrected chi connectivity index (χ2v) is 9.34. The quantitative estimate of drug-likeness (QED) is 0.150. The highest BCUT2D eigenvalue weighted by Crippen LogP contribution is 2.38. The first-order valence-electron chi connectivity index (χ1n) is 11.7. The lowest BCUT2D eigenvalue weighted by atomic mass is 9.99. The van der Waals surface area contributed by atoms with Gasteiger partial charge in [-0.25, -0.2) is 4.98 Å². The smallest absolute Gasteiger partial charge is 0.271 e.